The van der Waals surface area contributed by atoms with Gasteiger partial charge >= 0.3 is 0 Å². The first-order valence-corrected chi connectivity index (χ1v) is 6.19. The Balaban J connectivity index is 1.94. The van der Waals surface area contributed by atoms with E-state index >= 15 is 0 Å². The van der Waals surface area contributed by atoms with Gasteiger partial charge in [0.1, 0.15) is 5.82 Å². The maximum Gasteiger partial charge on any atom is 0.123 e. The summed E-state index contributed by atoms with van der Waals surface area (Å²) in [5.41, 5.74) is 9.70. The van der Waals surface area contributed by atoms with Gasteiger partial charge in [-0.15, -0.1) is 0 Å². The highest BCUT2D eigenvalue weighted by molar-refractivity contribution is 5.23. The van der Waals surface area contributed by atoms with Crippen molar-refractivity contribution in [1.29, 1.82) is 0 Å². The monoisotopic (exact) mass is 243 g/mol. The van der Waals surface area contributed by atoms with Crippen LogP contribution in [0.25, 0.3) is 0 Å². The summed E-state index contributed by atoms with van der Waals surface area (Å²) in [5, 5.41) is 0. The molecule has 94 valence electrons. The van der Waals surface area contributed by atoms with E-state index in [0.29, 0.717) is 0 Å². The van der Waals surface area contributed by atoms with Crippen LogP contribution in [-0.2, 0) is 12.8 Å². The number of aryl methyl sites for hydroxylation is 1. The molecule has 2 aromatic carbocycles. The van der Waals surface area contributed by atoms with Gasteiger partial charge in [-0.05, 0) is 43.0 Å². The van der Waals surface area contributed by atoms with E-state index in [-0.39, 0.29) is 11.9 Å². The van der Waals surface area contributed by atoms with E-state index in [1.165, 1.54) is 23.3 Å². The fourth-order valence-corrected chi connectivity index (χ4v) is 2.02. The second-order valence-electron chi connectivity index (χ2n) is 4.78. The van der Waals surface area contributed by atoms with Gasteiger partial charge in [0, 0.05) is 6.04 Å². The molecular weight excluding hydrogens is 225 g/mol. The number of hydrogen-bond acceptors (Lipinski definition) is 1. The van der Waals surface area contributed by atoms with Crippen LogP contribution in [0.2, 0.25) is 0 Å². The quantitative estimate of drug-likeness (QED) is 0.876. The Labute approximate surface area is 107 Å². The van der Waals surface area contributed by atoms with E-state index in [9.17, 15) is 4.39 Å². The predicted molar refractivity (Wildman–Crippen MR) is 73.0 cm³/mol. The van der Waals surface area contributed by atoms with Crippen molar-refractivity contribution in [3.8, 4) is 0 Å². The Morgan fingerprint density at radius 2 is 1.33 bits per heavy atom. The van der Waals surface area contributed by atoms with Crippen LogP contribution in [0.4, 0.5) is 4.39 Å². The van der Waals surface area contributed by atoms with Gasteiger partial charge in [-0.3, -0.25) is 0 Å². The van der Waals surface area contributed by atoms with Crippen molar-refractivity contribution in [3.05, 3.63) is 71.0 Å². The van der Waals surface area contributed by atoms with Crippen molar-refractivity contribution < 1.29 is 4.39 Å². The molecule has 0 aromatic heterocycles. The second kappa shape index (κ2) is 5.78. The molecule has 0 fully saturated rings. The lowest BCUT2D eigenvalue weighted by molar-refractivity contribution is 0.623. The fourth-order valence-electron chi connectivity index (χ4n) is 2.02. The van der Waals surface area contributed by atoms with Gasteiger partial charge in [0.15, 0.2) is 0 Å². The smallest absolute Gasteiger partial charge is 0.123 e. The van der Waals surface area contributed by atoms with E-state index in [1.54, 1.807) is 12.1 Å². The lowest BCUT2D eigenvalue weighted by Gasteiger charge is -2.12. The molecule has 0 aliphatic heterocycles. The van der Waals surface area contributed by atoms with E-state index in [1.807, 2.05) is 0 Å². The molecule has 1 atom stereocenters. The summed E-state index contributed by atoms with van der Waals surface area (Å²) in [4.78, 5) is 0. The summed E-state index contributed by atoms with van der Waals surface area (Å²) in [6.07, 6.45) is 1.62. The third-order valence-electron chi connectivity index (χ3n) is 3.03. The average molecular weight is 243 g/mol. The SMILES string of the molecule is Cc1ccc(CC(N)Cc2ccc(F)cc2)cc1. The van der Waals surface area contributed by atoms with Gasteiger partial charge in [-0.25, -0.2) is 4.39 Å². The Bertz CT molecular complexity index is 440. The Morgan fingerprint density at radius 3 is 1.83 bits per heavy atom. The number of hydrogen-bond donors (Lipinski definition) is 1. The van der Waals surface area contributed by atoms with Crippen LogP contribution in [0, 0.1) is 12.7 Å². The molecule has 2 heteroatoms. The molecule has 0 aliphatic carbocycles. The summed E-state index contributed by atoms with van der Waals surface area (Å²) in [6.45, 7) is 2.07. The van der Waals surface area contributed by atoms with Gasteiger partial charge in [0.2, 0.25) is 0 Å². The van der Waals surface area contributed by atoms with E-state index in [2.05, 4.69) is 31.2 Å². The van der Waals surface area contributed by atoms with Crippen molar-refractivity contribution in [2.45, 2.75) is 25.8 Å². The zero-order valence-corrected chi connectivity index (χ0v) is 10.6. The number of rotatable bonds is 4. The maximum atomic E-state index is 12.8. The zero-order chi connectivity index (χ0) is 13.0. The van der Waals surface area contributed by atoms with Gasteiger partial charge in [0.05, 0.1) is 0 Å². The van der Waals surface area contributed by atoms with Crippen LogP contribution < -0.4 is 5.73 Å². The molecule has 0 spiro atoms. The van der Waals surface area contributed by atoms with Crippen molar-refractivity contribution in [1.82, 2.24) is 0 Å². The molecule has 1 unspecified atom stereocenters. The van der Waals surface area contributed by atoms with E-state index in [4.69, 9.17) is 5.73 Å². The molecule has 1 nitrogen and oxygen atoms in total. The standard InChI is InChI=1S/C16H18FN/c1-12-2-4-13(5-3-12)10-16(18)11-14-6-8-15(17)9-7-14/h2-9,16H,10-11,18H2,1H3. The number of nitrogens with two attached hydrogens (primary N) is 1. The summed E-state index contributed by atoms with van der Waals surface area (Å²) in [5.74, 6) is -0.203. The third kappa shape index (κ3) is 3.67. The molecule has 2 rings (SSSR count). The van der Waals surface area contributed by atoms with Crippen molar-refractivity contribution in [3.63, 3.8) is 0 Å². The molecule has 0 saturated carbocycles. The second-order valence-corrected chi connectivity index (χ2v) is 4.78. The predicted octanol–water partition coefficient (Wildman–Crippen LogP) is 3.25. The number of halogens is 1. The van der Waals surface area contributed by atoms with Crippen LogP contribution in [-0.4, -0.2) is 6.04 Å². The van der Waals surface area contributed by atoms with Crippen LogP contribution in [0.3, 0.4) is 0 Å². The fraction of sp³-hybridized carbons (Fsp3) is 0.250. The first-order valence-electron chi connectivity index (χ1n) is 6.19. The lowest BCUT2D eigenvalue weighted by atomic mass is 9.99. The highest BCUT2D eigenvalue weighted by atomic mass is 19.1. The van der Waals surface area contributed by atoms with Crippen LogP contribution in [0.15, 0.2) is 48.5 Å². The third-order valence-corrected chi connectivity index (χ3v) is 3.03. The Kier molecular flexibility index (Phi) is 4.11. The molecule has 2 aromatic rings. The maximum absolute atomic E-state index is 12.8. The molecule has 0 bridgehead atoms. The van der Waals surface area contributed by atoms with Crippen LogP contribution >= 0.6 is 0 Å². The van der Waals surface area contributed by atoms with Crippen LogP contribution in [0.5, 0.6) is 0 Å². The summed E-state index contributed by atoms with van der Waals surface area (Å²) in [7, 11) is 0. The molecule has 2 N–H and O–H groups in total. The summed E-state index contributed by atoms with van der Waals surface area (Å²) in [6, 6.07) is 15.0. The molecule has 0 radical (unpaired) electrons. The lowest BCUT2D eigenvalue weighted by Crippen LogP contribution is -2.25. The number of benzene rings is 2. The average Bonchev–Trinajstić information content (AvgIpc) is 2.35. The normalized spacial score (nSPS) is 12.4. The van der Waals surface area contributed by atoms with Gasteiger partial charge in [-0.2, -0.15) is 0 Å². The first kappa shape index (κ1) is 12.8. The van der Waals surface area contributed by atoms with Gasteiger partial charge in [0.25, 0.3) is 0 Å². The minimum Gasteiger partial charge on any atom is -0.327 e. The molecule has 0 saturated heterocycles. The minimum atomic E-state index is -0.203. The molecular formula is C16H18FN. The Hall–Kier alpha value is -1.67. The molecule has 0 aliphatic rings. The molecule has 0 amide bonds. The molecule has 18 heavy (non-hydrogen) atoms. The highest BCUT2D eigenvalue weighted by Crippen LogP contribution is 2.10. The summed E-state index contributed by atoms with van der Waals surface area (Å²) >= 11 is 0. The highest BCUT2D eigenvalue weighted by Gasteiger charge is 2.05. The first-order chi connectivity index (χ1) is 8.63. The van der Waals surface area contributed by atoms with Gasteiger partial charge < -0.3 is 5.73 Å². The largest absolute Gasteiger partial charge is 0.327 e. The van der Waals surface area contributed by atoms with Crippen molar-refractivity contribution in [2.24, 2.45) is 5.73 Å². The van der Waals surface area contributed by atoms with Crippen LogP contribution in [0.1, 0.15) is 16.7 Å². The van der Waals surface area contributed by atoms with Crippen molar-refractivity contribution >= 4 is 0 Å². The van der Waals surface area contributed by atoms with E-state index < -0.39 is 0 Å². The molecule has 0 heterocycles. The minimum absolute atomic E-state index is 0.0677. The summed E-state index contributed by atoms with van der Waals surface area (Å²) < 4.78 is 12.8. The van der Waals surface area contributed by atoms with E-state index in [0.717, 1.165) is 18.4 Å². The van der Waals surface area contributed by atoms with Crippen molar-refractivity contribution in [2.75, 3.05) is 0 Å². The van der Waals surface area contributed by atoms with Gasteiger partial charge in [-0.1, -0.05) is 42.0 Å². The Morgan fingerprint density at radius 1 is 0.889 bits per heavy atom. The zero-order valence-electron chi connectivity index (χ0n) is 10.6. The topological polar surface area (TPSA) is 26.0 Å².